The first-order valence-corrected chi connectivity index (χ1v) is 12.2. The molecule has 1 heterocycles. The zero-order chi connectivity index (χ0) is 24.3. The van der Waals surface area contributed by atoms with Gasteiger partial charge in [0.15, 0.2) is 5.76 Å². The maximum Gasteiger partial charge on any atom is 0.316 e. The predicted molar refractivity (Wildman–Crippen MR) is 137 cm³/mol. The van der Waals surface area contributed by atoms with E-state index in [-0.39, 0.29) is 5.97 Å². The number of esters is 1. The van der Waals surface area contributed by atoms with Gasteiger partial charge in [0, 0.05) is 24.2 Å². The number of benzene rings is 3. The summed E-state index contributed by atoms with van der Waals surface area (Å²) in [6.45, 7) is 5.72. The van der Waals surface area contributed by atoms with Crippen LogP contribution in [0.4, 0.5) is 0 Å². The summed E-state index contributed by atoms with van der Waals surface area (Å²) in [5.41, 5.74) is 7.05. The van der Waals surface area contributed by atoms with E-state index >= 15 is 0 Å². The van der Waals surface area contributed by atoms with E-state index in [2.05, 4.69) is 71.1 Å². The molecule has 5 rings (SSSR count). The van der Waals surface area contributed by atoms with Gasteiger partial charge in [-0.3, -0.25) is 4.79 Å². The molecule has 35 heavy (non-hydrogen) atoms. The molecular formula is C30H30N2O3. The topological polar surface area (TPSA) is 64.4 Å². The highest BCUT2D eigenvalue weighted by Gasteiger charge is 2.52. The monoisotopic (exact) mass is 466 g/mol. The van der Waals surface area contributed by atoms with Crippen LogP contribution in [-0.2, 0) is 28.0 Å². The number of aryl methyl sites for hydroxylation is 1. The van der Waals surface area contributed by atoms with Gasteiger partial charge in [-0.1, -0.05) is 84.0 Å². The van der Waals surface area contributed by atoms with Crippen LogP contribution in [0.25, 0.3) is 22.5 Å². The predicted octanol–water partition coefficient (Wildman–Crippen LogP) is 6.20. The Morgan fingerprint density at radius 3 is 2.17 bits per heavy atom. The van der Waals surface area contributed by atoms with E-state index in [0.717, 1.165) is 58.7 Å². The van der Waals surface area contributed by atoms with Crippen molar-refractivity contribution in [1.29, 1.82) is 0 Å². The first-order valence-electron chi connectivity index (χ1n) is 12.2. The minimum atomic E-state index is -0.437. The molecule has 1 aliphatic carbocycles. The van der Waals surface area contributed by atoms with Gasteiger partial charge < -0.3 is 14.6 Å². The first kappa shape index (κ1) is 23.1. The molecule has 0 aliphatic heterocycles. The summed E-state index contributed by atoms with van der Waals surface area (Å²) in [5.74, 6) is 0.698. The summed E-state index contributed by atoms with van der Waals surface area (Å²) in [7, 11) is 0. The summed E-state index contributed by atoms with van der Waals surface area (Å²) in [4.78, 5) is 12.4. The highest BCUT2D eigenvalue weighted by atomic mass is 16.5. The SMILES string of the molecule is CCOC(=O)C1(c2ccc(-c3ccc(-c4onc(C)c4CNCc4ccccc4)cc3)cc2)CC1. The Balaban J connectivity index is 1.29. The van der Waals surface area contributed by atoms with Crippen molar-refractivity contribution >= 4 is 5.97 Å². The summed E-state index contributed by atoms with van der Waals surface area (Å²) < 4.78 is 11.0. The molecule has 1 aliphatic rings. The van der Waals surface area contributed by atoms with Crippen molar-refractivity contribution < 1.29 is 14.1 Å². The molecule has 5 heteroatoms. The van der Waals surface area contributed by atoms with Crippen molar-refractivity contribution in [1.82, 2.24) is 10.5 Å². The minimum Gasteiger partial charge on any atom is -0.465 e. The van der Waals surface area contributed by atoms with Gasteiger partial charge >= 0.3 is 5.97 Å². The molecule has 0 saturated heterocycles. The number of rotatable bonds is 9. The Morgan fingerprint density at radius 1 is 0.914 bits per heavy atom. The van der Waals surface area contributed by atoms with E-state index < -0.39 is 5.41 Å². The van der Waals surface area contributed by atoms with E-state index in [1.807, 2.05) is 32.0 Å². The number of nitrogens with zero attached hydrogens (tertiary/aromatic N) is 1. The lowest BCUT2D eigenvalue weighted by Crippen LogP contribution is -2.23. The van der Waals surface area contributed by atoms with Gasteiger partial charge in [-0.25, -0.2) is 0 Å². The summed E-state index contributed by atoms with van der Waals surface area (Å²) in [5, 5.41) is 7.71. The molecule has 1 aromatic heterocycles. The Morgan fingerprint density at radius 2 is 1.54 bits per heavy atom. The zero-order valence-electron chi connectivity index (χ0n) is 20.2. The Bertz CT molecular complexity index is 1290. The summed E-state index contributed by atoms with van der Waals surface area (Å²) in [6, 6.07) is 27.0. The first-order chi connectivity index (χ1) is 17.1. The van der Waals surface area contributed by atoms with Crippen LogP contribution in [0.15, 0.2) is 83.4 Å². The number of carbonyl (C=O) groups is 1. The van der Waals surface area contributed by atoms with Crippen LogP contribution in [0.2, 0.25) is 0 Å². The molecule has 5 nitrogen and oxygen atoms in total. The largest absolute Gasteiger partial charge is 0.465 e. The molecule has 178 valence electrons. The standard InChI is InChI=1S/C30H30N2O3/c1-3-34-29(33)30(17-18-30)26-15-13-24(14-16-26)23-9-11-25(12-10-23)28-27(21(2)32-35-28)20-31-19-22-7-5-4-6-8-22/h4-16,31H,3,17-20H2,1-2H3. The van der Waals surface area contributed by atoms with Crippen molar-refractivity contribution in [2.24, 2.45) is 0 Å². The molecule has 0 amide bonds. The van der Waals surface area contributed by atoms with Crippen molar-refractivity contribution in [3.63, 3.8) is 0 Å². The maximum absolute atomic E-state index is 12.4. The van der Waals surface area contributed by atoms with Crippen LogP contribution in [0.1, 0.15) is 42.1 Å². The van der Waals surface area contributed by atoms with Crippen LogP contribution in [0.5, 0.6) is 0 Å². The number of carbonyl (C=O) groups excluding carboxylic acids is 1. The van der Waals surface area contributed by atoms with Crippen LogP contribution < -0.4 is 5.32 Å². The highest BCUT2D eigenvalue weighted by molar-refractivity contribution is 5.87. The lowest BCUT2D eigenvalue weighted by Gasteiger charge is -2.14. The molecule has 3 aromatic carbocycles. The van der Waals surface area contributed by atoms with Gasteiger partial charge in [-0.05, 0) is 48.9 Å². The third-order valence-corrected chi connectivity index (χ3v) is 6.79. The number of aromatic nitrogens is 1. The second kappa shape index (κ2) is 9.88. The van der Waals surface area contributed by atoms with E-state index in [0.29, 0.717) is 13.2 Å². The van der Waals surface area contributed by atoms with Crippen LogP contribution >= 0.6 is 0 Å². The Labute approximate surface area is 206 Å². The molecule has 4 aromatic rings. The van der Waals surface area contributed by atoms with Crippen LogP contribution in [-0.4, -0.2) is 17.7 Å². The van der Waals surface area contributed by atoms with Gasteiger partial charge in [0.1, 0.15) is 0 Å². The van der Waals surface area contributed by atoms with E-state index in [1.165, 1.54) is 5.56 Å². The molecule has 1 N–H and O–H groups in total. The van der Waals surface area contributed by atoms with E-state index in [4.69, 9.17) is 9.26 Å². The molecular weight excluding hydrogens is 436 g/mol. The quantitative estimate of drug-likeness (QED) is 0.298. The Hall–Kier alpha value is -3.70. The average molecular weight is 467 g/mol. The number of hydrogen-bond acceptors (Lipinski definition) is 5. The smallest absolute Gasteiger partial charge is 0.316 e. The minimum absolute atomic E-state index is 0.103. The van der Waals surface area contributed by atoms with Crippen molar-refractivity contribution in [3.8, 4) is 22.5 Å². The van der Waals surface area contributed by atoms with Gasteiger partial charge in [0.25, 0.3) is 0 Å². The van der Waals surface area contributed by atoms with Gasteiger partial charge in [0.2, 0.25) is 0 Å². The lowest BCUT2D eigenvalue weighted by atomic mass is 9.93. The second-order valence-electron chi connectivity index (χ2n) is 9.12. The third kappa shape index (κ3) is 4.77. The lowest BCUT2D eigenvalue weighted by molar-refractivity contribution is -0.146. The molecule has 1 fully saturated rings. The normalized spacial score (nSPS) is 14.0. The molecule has 1 saturated carbocycles. The Kier molecular flexibility index (Phi) is 6.51. The summed E-state index contributed by atoms with van der Waals surface area (Å²) >= 11 is 0. The van der Waals surface area contributed by atoms with Crippen molar-refractivity contribution in [3.05, 3.63) is 101 Å². The highest BCUT2D eigenvalue weighted by Crippen LogP contribution is 2.49. The molecule has 0 spiro atoms. The van der Waals surface area contributed by atoms with Gasteiger partial charge in [0.05, 0.1) is 17.7 Å². The van der Waals surface area contributed by atoms with E-state index in [1.54, 1.807) is 0 Å². The zero-order valence-corrected chi connectivity index (χ0v) is 20.2. The van der Waals surface area contributed by atoms with E-state index in [9.17, 15) is 4.79 Å². The fourth-order valence-corrected chi connectivity index (χ4v) is 4.55. The number of nitrogens with one attached hydrogen (secondary N) is 1. The van der Waals surface area contributed by atoms with Gasteiger partial charge in [-0.15, -0.1) is 0 Å². The van der Waals surface area contributed by atoms with Crippen LogP contribution in [0.3, 0.4) is 0 Å². The van der Waals surface area contributed by atoms with Crippen molar-refractivity contribution in [2.45, 2.75) is 45.2 Å². The number of hydrogen-bond donors (Lipinski definition) is 1. The molecule has 0 atom stereocenters. The number of ether oxygens (including phenoxy) is 1. The molecule has 0 bridgehead atoms. The van der Waals surface area contributed by atoms with Crippen LogP contribution in [0, 0.1) is 6.92 Å². The van der Waals surface area contributed by atoms with Gasteiger partial charge in [-0.2, -0.15) is 0 Å². The maximum atomic E-state index is 12.4. The second-order valence-corrected chi connectivity index (χ2v) is 9.12. The fourth-order valence-electron chi connectivity index (χ4n) is 4.55. The third-order valence-electron chi connectivity index (χ3n) is 6.79. The molecule has 0 unspecified atom stereocenters. The average Bonchev–Trinajstić information content (AvgIpc) is 3.64. The molecule has 0 radical (unpaired) electrons. The summed E-state index contributed by atoms with van der Waals surface area (Å²) in [6.07, 6.45) is 1.72. The van der Waals surface area contributed by atoms with Crippen molar-refractivity contribution in [2.75, 3.05) is 6.61 Å². The fraction of sp³-hybridized carbons (Fsp3) is 0.267.